The maximum Gasteiger partial charge on any atom is 0.410 e. The van der Waals surface area contributed by atoms with E-state index in [0.717, 1.165) is 32.5 Å². The molecule has 2 saturated heterocycles. The molecule has 0 atom stereocenters. The van der Waals surface area contributed by atoms with Gasteiger partial charge in [0.05, 0.1) is 5.54 Å². The molecule has 6 heteroatoms. The number of nitrogens with zero attached hydrogens (tertiary/aromatic N) is 2. The molecule has 2 aliphatic heterocycles. The third-order valence-electron chi connectivity index (χ3n) is 4.12. The van der Waals surface area contributed by atoms with Crippen LogP contribution in [0.25, 0.3) is 0 Å². The highest BCUT2D eigenvalue weighted by atomic mass is 16.6. The quantitative estimate of drug-likeness (QED) is 0.764. The van der Waals surface area contributed by atoms with Crippen LogP contribution in [0.2, 0.25) is 6.82 Å². The molecule has 0 aromatic rings. The summed E-state index contributed by atoms with van der Waals surface area (Å²) in [7, 11) is -0.362. The number of carbonyl (C=O) groups is 1. The molecule has 0 aromatic heterocycles. The van der Waals surface area contributed by atoms with Gasteiger partial charge in [0, 0.05) is 6.54 Å². The highest BCUT2D eigenvalue weighted by Crippen LogP contribution is 2.27. The van der Waals surface area contributed by atoms with Crippen molar-refractivity contribution in [2.45, 2.75) is 39.1 Å². The molecule has 2 aliphatic rings. The summed E-state index contributed by atoms with van der Waals surface area (Å²) >= 11 is 0. The number of piperidine rings is 1. The van der Waals surface area contributed by atoms with E-state index in [1.807, 2.05) is 18.7 Å². The van der Waals surface area contributed by atoms with Crippen molar-refractivity contribution in [2.75, 3.05) is 26.2 Å². The van der Waals surface area contributed by atoms with Crippen LogP contribution in [0, 0.1) is 5.92 Å². The van der Waals surface area contributed by atoms with Crippen LogP contribution in [0.3, 0.4) is 0 Å². The summed E-state index contributed by atoms with van der Waals surface area (Å²) in [5.74, 6) is 0.518. The molecule has 0 bridgehead atoms. The third kappa shape index (κ3) is 2.80. The summed E-state index contributed by atoms with van der Waals surface area (Å²) in [6.07, 6.45) is 1.88. The lowest BCUT2D eigenvalue weighted by Gasteiger charge is -2.36. The second kappa shape index (κ2) is 5.09. The third-order valence-corrected chi connectivity index (χ3v) is 4.12. The van der Waals surface area contributed by atoms with Gasteiger partial charge in [0.25, 0.3) is 0 Å². The van der Waals surface area contributed by atoms with Crippen molar-refractivity contribution >= 4 is 13.1 Å². The lowest BCUT2D eigenvalue weighted by Crippen LogP contribution is -2.48. The minimum Gasteiger partial charge on any atom is -0.447 e. The first kappa shape index (κ1) is 13.7. The van der Waals surface area contributed by atoms with Gasteiger partial charge in [0.15, 0.2) is 0 Å². The monoisotopic (exact) mass is 254 g/mol. The Hall–Kier alpha value is -0.745. The SMILES string of the molecule is CB(O)N1CCC(CN2C(=O)OCC2(C)C)CC1. The normalized spacial score (nSPS) is 25.3. The van der Waals surface area contributed by atoms with Crippen molar-refractivity contribution < 1.29 is 14.6 Å². The van der Waals surface area contributed by atoms with E-state index in [0.29, 0.717) is 12.5 Å². The maximum absolute atomic E-state index is 11.7. The van der Waals surface area contributed by atoms with E-state index in [9.17, 15) is 9.82 Å². The summed E-state index contributed by atoms with van der Waals surface area (Å²) in [5, 5.41) is 9.51. The summed E-state index contributed by atoms with van der Waals surface area (Å²) < 4.78 is 5.12. The van der Waals surface area contributed by atoms with E-state index in [-0.39, 0.29) is 18.7 Å². The molecule has 2 heterocycles. The van der Waals surface area contributed by atoms with Crippen LogP contribution in [-0.2, 0) is 4.74 Å². The summed E-state index contributed by atoms with van der Waals surface area (Å²) in [4.78, 5) is 15.6. The van der Waals surface area contributed by atoms with Gasteiger partial charge in [-0.05, 0) is 52.5 Å². The van der Waals surface area contributed by atoms with Gasteiger partial charge in [-0.1, -0.05) is 0 Å². The van der Waals surface area contributed by atoms with Crippen LogP contribution in [-0.4, -0.2) is 59.7 Å². The number of cyclic esters (lactones) is 1. The van der Waals surface area contributed by atoms with Gasteiger partial charge in [0.2, 0.25) is 0 Å². The van der Waals surface area contributed by atoms with E-state index in [1.165, 1.54) is 0 Å². The number of amides is 1. The molecule has 2 rings (SSSR count). The molecule has 5 nitrogen and oxygen atoms in total. The van der Waals surface area contributed by atoms with Crippen LogP contribution < -0.4 is 0 Å². The van der Waals surface area contributed by atoms with E-state index in [4.69, 9.17) is 4.74 Å². The average Bonchev–Trinajstić information content (AvgIpc) is 2.57. The van der Waals surface area contributed by atoms with Crippen LogP contribution >= 0.6 is 0 Å². The molecule has 0 spiro atoms. The maximum atomic E-state index is 11.7. The first-order chi connectivity index (χ1) is 8.40. The molecule has 2 fully saturated rings. The second-order valence-corrected chi connectivity index (χ2v) is 6.09. The average molecular weight is 254 g/mol. The van der Waals surface area contributed by atoms with Crippen molar-refractivity contribution in [3.63, 3.8) is 0 Å². The Morgan fingerprint density at radius 3 is 2.50 bits per heavy atom. The number of ether oxygens (including phenoxy) is 1. The molecule has 0 unspecified atom stereocenters. The van der Waals surface area contributed by atoms with Gasteiger partial charge >= 0.3 is 13.1 Å². The minimum absolute atomic E-state index is 0.182. The fraction of sp³-hybridized carbons (Fsp3) is 0.917. The standard InChI is InChI=1S/C12H23BN2O3/c1-12(2)9-18-11(16)15(12)8-10-4-6-14(7-5-10)13(3)17/h10,17H,4-9H2,1-3H3. The van der Waals surface area contributed by atoms with Gasteiger partial charge in [-0.25, -0.2) is 4.79 Å². The molecule has 0 aliphatic carbocycles. The summed E-state index contributed by atoms with van der Waals surface area (Å²) in [6.45, 7) is 8.97. The van der Waals surface area contributed by atoms with Crippen LogP contribution in [0.15, 0.2) is 0 Å². The van der Waals surface area contributed by atoms with Crippen LogP contribution in [0.4, 0.5) is 4.79 Å². The second-order valence-electron chi connectivity index (χ2n) is 6.09. The zero-order valence-electron chi connectivity index (χ0n) is 11.6. The number of rotatable bonds is 3. The Kier molecular flexibility index (Phi) is 3.87. The van der Waals surface area contributed by atoms with Gasteiger partial charge < -0.3 is 14.6 Å². The number of carbonyl (C=O) groups excluding carboxylic acids is 1. The predicted molar refractivity (Wildman–Crippen MR) is 70.3 cm³/mol. The van der Waals surface area contributed by atoms with Crippen LogP contribution in [0.5, 0.6) is 0 Å². The molecular weight excluding hydrogens is 231 g/mol. The highest BCUT2D eigenvalue weighted by molar-refractivity contribution is 6.45. The van der Waals surface area contributed by atoms with E-state index in [2.05, 4.69) is 4.81 Å². The van der Waals surface area contributed by atoms with Crippen molar-refractivity contribution in [1.29, 1.82) is 0 Å². The molecule has 1 amide bonds. The Labute approximate surface area is 109 Å². The van der Waals surface area contributed by atoms with Crippen molar-refractivity contribution in [3.05, 3.63) is 0 Å². The molecular formula is C12H23BN2O3. The van der Waals surface area contributed by atoms with E-state index < -0.39 is 0 Å². The summed E-state index contributed by atoms with van der Waals surface area (Å²) in [5.41, 5.74) is -0.182. The number of hydrogen-bond donors (Lipinski definition) is 1. The lowest BCUT2D eigenvalue weighted by atomic mass is 9.81. The Balaban J connectivity index is 1.86. The Morgan fingerprint density at radius 2 is 2.06 bits per heavy atom. The van der Waals surface area contributed by atoms with Crippen LogP contribution in [0.1, 0.15) is 26.7 Å². The van der Waals surface area contributed by atoms with Gasteiger partial charge in [-0.3, -0.25) is 4.90 Å². The van der Waals surface area contributed by atoms with E-state index >= 15 is 0 Å². The number of hydrogen-bond acceptors (Lipinski definition) is 4. The Bertz CT molecular complexity index is 314. The molecule has 102 valence electrons. The molecule has 1 N–H and O–H groups in total. The van der Waals surface area contributed by atoms with Gasteiger partial charge in [0.1, 0.15) is 6.61 Å². The molecule has 0 aromatic carbocycles. The highest BCUT2D eigenvalue weighted by Gasteiger charge is 2.41. The first-order valence-electron chi connectivity index (χ1n) is 6.76. The van der Waals surface area contributed by atoms with E-state index in [1.54, 1.807) is 6.82 Å². The van der Waals surface area contributed by atoms with Gasteiger partial charge in [-0.2, -0.15) is 0 Å². The fourth-order valence-electron chi connectivity index (χ4n) is 2.73. The van der Waals surface area contributed by atoms with Crippen molar-refractivity contribution in [2.24, 2.45) is 5.92 Å². The van der Waals surface area contributed by atoms with Gasteiger partial charge in [-0.15, -0.1) is 0 Å². The predicted octanol–water partition coefficient (Wildman–Crippen LogP) is 1.04. The lowest BCUT2D eigenvalue weighted by molar-refractivity contribution is 0.132. The zero-order chi connectivity index (χ0) is 13.3. The molecule has 0 saturated carbocycles. The van der Waals surface area contributed by atoms with Crippen molar-refractivity contribution in [1.82, 2.24) is 9.71 Å². The summed E-state index contributed by atoms with van der Waals surface area (Å²) in [6, 6.07) is 0. The topological polar surface area (TPSA) is 53.0 Å². The minimum atomic E-state index is -0.362. The fourth-order valence-corrected chi connectivity index (χ4v) is 2.73. The molecule has 0 radical (unpaired) electrons. The van der Waals surface area contributed by atoms with Crippen molar-refractivity contribution in [3.8, 4) is 0 Å². The smallest absolute Gasteiger partial charge is 0.410 e. The zero-order valence-corrected chi connectivity index (χ0v) is 11.6. The first-order valence-corrected chi connectivity index (χ1v) is 6.76. The largest absolute Gasteiger partial charge is 0.447 e. The molecule has 18 heavy (non-hydrogen) atoms. The Morgan fingerprint density at radius 1 is 1.44 bits per heavy atom.